The second-order valence-corrected chi connectivity index (χ2v) is 5.84. The van der Waals surface area contributed by atoms with Crippen molar-refractivity contribution in [1.82, 2.24) is 9.88 Å². The van der Waals surface area contributed by atoms with E-state index in [1.54, 1.807) is 34.6 Å². The largest absolute Gasteiger partial charge is 0.339 e. The molecule has 2 heterocycles. The zero-order chi connectivity index (χ0) is 13.8. The maximum Gasteiger partial charge on any atom is 0.254 e. The van der Waals surface area contributed by atoms with Crippen LogP contribution in [0.15, 0.2) is 35.8 Å². The van der Waals surface area contributed by atoms with Crippen LogP contribution >= 0.6 is 22.9 Å². The van der Waals surface area contributed by atoms with Crippen LogP contribution in [0.1, 0.15) is 22.2 Å². The van der Waals surface area contributed by atoms with Gasteiger partial charge in [-0.05, 0) is 30.5 Å². The summed E-state index contributed by atoms with van der Waals surface area (Å²) in [5.74, 6) is -0.0339. The monoisotopic (exact) mass is 294 g/mol. The molecule has 3 nitrogen and oxygen atoms in total. The minimum Gasteiger partial charge on any atom is -0.339 e. The van der Waals surface area contributed by atoms with E-state index in [9.17, 15) is 4.79 Å². The van der Waals surface area contributed by atoms with Crippen molar-refractivity contribution < 1.29 is 4.79 Å². The summed E-state index contributed by atoms with van der Waals surface area (Å²) in [5.41, 5.74) is 0.570. The molecule has 2 aromatic rings. The predicted octanol–water partition coefficient (Wildman–Crippen LogP) is 3.50. The van der Waals surface area contributed by atoms with Gasteiger partial charge in [0.25, 0.3) is 5.91 Å². The molecular weight excluding hydrogens is 280 g/mol. The summed E-state index contributed by atoms with van der Waals surface area (Å²) in [7, 11) is 1.81. The van der Waals surface area contributed by atoms with Gasteiger partial charge in [-0.2, -0.15) is 0 Å². The number of thiophene rings is 1. The third-order valence-corrected chi connectivity index (χ3v) is 4.14. The highest BCUT2D eigenvalue weighted by Crippen LogP contribution is 2.16. The molecule has 0 aromatic carbocycles. The summed E-state index contributed by atoms with van der Waals surface area (Å²) in [6.07, 6.45) is 2.41. The van der Waals surface area contributed by atoms with Crippen LogP contribution in [-0.2, 0) is 6.42 Å². The maximum absolute atomic E-state index is 12.3. The Morgan fingerprint density at radius 3 is 2.95 bits per heavy atom. The third kappa shape index (κ3) is 3.55. The summed E-state index contributed by atoms with van der Waals surface area (Å²) in [6, 6.07) is 7.53. The number of halogens is 1. The number of amides is 1. The van der Waals surface area contributed by atoms with Crippen LogP contribution in [0.3, 0.4) is 0 Å². The van der Waals surface area contributed by atoms with Crippen molar-refractivity contribution in [3.05, 3.63) is 51.4 Å². The first kappa shape index (κ1) is 14.0. The number of rotatable bonds is 4. The lowest BCUT2D eigenvalue weighted by Crippen LogP contribution is -2.36. The van der Waals surface area contributed by atoms with Gasteiger partial charge in [-0.3, -0.25) is 4.79 Å². The lowest BCUT2D eigenvalue weighted by atomic mass is 10.1. The SMILES string of the molecule is CC(Cc1cccs1)N(C)C(=O)c1ccnc(Cl)c1. The van der Waals surface area contributed by atoms with E-state index in [0.717, 1.165) is 6.42 Å². The molecule has 0 saturated heterocycles. The average Bonchev–Trinajstić information content (AvgIpc) is 2.89. The van der Waals surface area contributed by atoms with E-state index in [2.05, 4.69) is 11.1 Å². The van der Waals surface area contributed by atoms with E-state index in [1.807, 2.05) is 25.4 Å². The van der Waals surface area contributed by atoms with E-state index in [4.69, 9.17) is 11.6 Å². The van der Waals surface area contributed by atoms with Crippen molar-refractivity contribution in [3.63, 3.8) is 0 Å². The molecule has 0 bridgehead atoms. The molecule has 100 valence electrons. The molecule has 0 aliphatic carbocycles. The first-order valence-corrected chi connectivity index (χ1v) is 7.25. The van der Waals surface area contributed by atoms with E-state index >= 15 is 0 Å². The number of carbonyl (C=O) groups is 1. The molecule has 0 radical (unpaired) electrons. The highest BCUT2D eigenvalue weighted by Gasteiger charge is 2.18. The first-order chi connectivity index (χ1) is 9.08. The molecule has 0 N–H and O–H groups in total. The third-order valence-electron chi connectivity index (χ3n) is 3.03. The molecule has 0 aliphatic rings. The minimum absolute atomic E-state index is 0.0339. The first-order valence-electron chi connectivity index (χ1n) is 5.99. The Morgan fingerprint density at radius 2 is 2.32 bits per heavy atom. The van der Waals surface area contributed by atoms with Gasteiger partial charge < -0.3 is 4.90 Å². The molecule has 1 unspecified atom stereocenters. The highest BCUT2D eigenvalue weighted by atomic mass is 35.5. The van der Waals surface area contributed by atoms with Gasteiger partial charge in [0.1, 0.15) is 5.15 Å². The van der Waals surface area contributed by atoms with Crippen molar-refractivity contribution in [2.24, 2.45) is 0 Å². The van der Waals surface area contributed by atoms with Gasteiger partial charge in [-0.25, -0.2) is 4.98 Å². The zero-order valence-corrected chi connectivity index (χ0v) is 12.4. The van der Waals surface area contributed by atoms with Crippen molar-refractivity contribution in [2.75, 3.05) is 7.05 Å². The fraction of sp³-hybridized carbons (Fsp3) is 0.286. The lowest BCUT2D eigenvalue weighted by molar-refractivity contribution is 0.0744. The van der Waals surface area contributed by atoms with Crippen molar-refractivity contribution >= 4 is 28.8 Å². The number of carbonyl (C=O) groups excluding carboxylic acids is 1. The molecule has 1 amide bonds. The van der Waals surface area contributed by atoms with Crippen LogP contribution in [0.5, 0.6) is 0 Å². The normalized spacial score (nSPS) is 12.2. The zero-order valence-electron chi connectivity index (χ0n) is 10.8. The molecule has 2 rings (SSSR count). The molecule has 19 heavy (non-hydrogen) atoms. The summed E-state index contributed by atoms with van der Waals surface area (Å²) in [6.45, 7) is 2.04. The van der Waals surface area contributed by atoms with E-state index in [-0.39, 0.29) is 11.9 Å². The Kier molecular flexibility index (Phi) is 4.56. The smallest absolute Gasteiger partial charge is 0.254 e. The minimum atomic E-state index is -0.0339. The van der Waals surface area contributed by atoms with Gasteiger partial charge in [-0.1, -0.05) is 17.7 Å². The van der Waals surface area contributed by atoms with Crippen LogP contribution in [0, 0.1) is 0 Å². The van der Waals surface area contributed by atoms with Gasteiger partial charge in [-0.15, -0.1) is 11.3 Å². The molecule has 2 aromatic heterocycles. The van der Waals surface area contributed by atoms with Gasteiger partial charge in [0.15, 0.2) is 0 Å². The fourth-order valence-corrected chi connectivity index (χ4v) is 2.80. The molecule has 0 saturated carbocycles. The number of pyridine rings is 1. The predicted molar refractivity (Wildman–Crippen MR) is 78.8 cm³/mol. The fourth-order valence-electron chi connectivity index (χ4n) is 1.80. The summed E-state index contributed by atoms with van der Waals surface area (Å²) in [4.78, 5) is 19.2. The summed E-state index contributed by atoms with van der Waals surface area (Å²) >= 11 is 7.52. The van der Waals surface area contributed by atoms with E-state index < -0.39 is 0 Å². The van der Waals surface area contributed by atoms with Gasteiger partial charge in [0.05, 0.1) is 0 Å². The topological polar surface area (TPSA) is 33.2 Å². The van der Waals surface area contributed by atoms with Crippen molar-refractivity contribution in [3.8, 4) is 0 Å². The van der Waals surface area contributed by atoms with Crippen LogP contribution in [0.25, 0.3) is 0 Å². The van der Waals surface area contributed by atoms with Gasteiger partial charge in [0.2, 0.25) is 0 Å². The Hall–Kier alpha value is -1.39. The van der Waals surface area contributed by atoms with Crippen molar-refractivity contribution in [2.45, 2.75) is 19.4 Å². The van der Waals surface area contributed by atoms with Gasteiger partial charge in [0, 0.05) is 36.1 Å². The maximum atomic E-state index is 12.3. The molecule has 5 heteroatoms. The Morgan fingerprint density at radius 1 is 1.53 bits per heavy atom. The Balaban J connectivity index is 2.06. The second kappa shape index (κ2) is 6.17. The molecule has 0 fully saturated rings. The molecule has 1 atom stereocenters. The molecule has 0 aliphatic heterocycles. The van der Waals surface area contributed by atoms with Crippen LogP contribution in [0.4, 0.5) is 0 Å². The van der Waals surface area contributed by atoms with Crippen LogP contribution in [-0.4, -0.2) is 28.9 Å². The van der Waals surface area contributed by atoms with Crippen LogP contribution in [0.2, 0.25) is 5.15 Å². The molecular formula is C14H15ClN2OS. The summed E-state index contributed by atoms with van der Waals surface area (Å²) < 4.78 is 0. The lowest BCUT2D eigenvalue weighted by Gasteiger charge is -2.24. The van der Waals surface area contributed by atoms with Gasteiger partial charge >= 0.3 is 0 Å². The van der Waals surface area contributed by atoms with E-state index in [1.165, 1.54) is 4.88 Å². The standard InChI is InChI=1S/C14H15ClN2OS/c1-10(8-12-4-3-7-19-12)17(2)14(18)11-5-6-16-13(15)9-11/h3-7,9-10H,8H2,1-2H3. The highest BCUT2D eigenvalue weighted by molar-refractivity contribution is 7.09. The number of nitrogens with zero attached hydrogens (tertiary/aromatic N) is 2. The number of hydrogen-bond donors (Lipinski definition) is 0. The summed E-state index contributed by atoms with van der Waals surface area (Å²) in [5, 5.41) is 2.39. The van der Waals surface area contributed by atoms with Crippen LogP contribution < -0.4 is 0 Å². The number of hydrogen-bond acceptors (Lipinski definition) is 3. The quantitative estimate of drug-likeness (QED) is 0.809. The number of likely N-dealkylation sites (N-methyl/N-ethyl adjacent to an activating group) is 1. The molecule has 0 spiro atoms. The second-order valence-electron chi connectivity index (χ2n) is 4.42. The Labute approximate surface area is 121 Å². The Bertz CT molecular complexity index is 556. The van der Waals surface area contributed by atoms with Crippen molar-refractivity contribution in [1.29, 1.82) is 0 Å². The van der Waals surface area contributed by atoms with E-state index in [0.29, 0.717) is 10.7 Å². The average molecular weight is 295 g/mol. The number of aromatic nitrogens is 1.